The predicted molar refractivity (Wildman–Crippen MR) is 170 cm³/mol. The second-order valence-electron chi connectivity index (χ2n) is 10.5. The van der Waals surface area contributed by atoms with Crippen molar-refractivity contribution in [2.24, 2.45) is 0 Å². The maximum atomic E-state index is 9.26. The Balaban J connectivity index is 1.17. The molecule has 1 fully saturated rings. The molecule has 1 saturated heterocycles. The van der Waals surface area contributed by atoms with Crippen molar-refractivity contribution in [3.05, 3.63) is 135 Å². The summed E-state index contributed by atoms with van der Waals surface area (Å²) < 4.78 is 0. The second kappa shape index (κ2) is 12.9. The average molecular weight is 594 g/mol. The van der Waals surface area contributed by atoms with Gasteiger partial charge in [0, 0.05) is 48.2 Å². The Bertz CT molecular complexity index is 1660. The molecular weight excluding hydrogens is 563 g/mol. The first kappa shape index (κ1) is 28.1. The van der Waals surface area contributed by atoms with Crippen LogP contribution in [0.15, 0.2) is 97.1 Å². The summed E-state index contributed by atoms with van der Waals surface area (Å²) in [5.41, 5.74) is 5.02. The molecule has 1 aliphatic heterocycles. The van der Waals surface area contributed by atoms with E-state index in [1.807, 2.05) is 72.8 Å². The summed E-state index contributed by atoms with van der Waals surface area (Å²) in [6, 6.07) is 34.3. The molecule has 42 heavy (non-hydrogen) atoms. The van der Waals surface area contributed by atoms with Crippen molar-refractivity contribution in [3.8, 4) is 6.07 Å². The molecule has 1 aliphatic rings. The number of rotatable bonds is 8. The molecule has 5 aromatic rings. The van der Waals surface area contributed by atoms with E-state index in [4.69, 9.17) is 33.2 Å². The molecule has 0 unspecified atom stereocenters. The molecule has 6 rings (SSSR count). The molecule has 0 saturated carbocycles. The summed E-state index contributed by atoms with van der Waals surface area (Å²) in [7, 11) is 0. The van der Waals surface area contributed by atoms with Crippen molar-refractivity contribution in [1.82, 2.24) is 19.8 Å². The van der Waals surface area contributed by atoms with Gasteiger partial charge in [-0.25, -0.2) is 9.97 Å². The first-order valence-electron chi connectivity index (χ1n) is 14.0. The van der Waals surface area contributed by atoms with Crippen LogP contribution in [-0.4, -0.2) is 45.9 Å². The minimum atomic E-state index is 0.119. The third kappa shape index (κ3) is 6.56. The van der Waals surface area contributed by atoms with Crippen LogP contribution in [0, 0.1) is 11.3 Å². The largest absolute Gasteiger partial charge is 0.365 e. The van der Waals surface area contributed by atoms with Crippen LogP contribution in [0.5, 0.6) is 0 Å². The number of benzene rings is 4. The number of nitrogens with one attached hydrogen (secondary N) is 1. The zero-order valence-corrected chi connectivity index (χ0v) is 24.6. The van der Waals surface area contributed by atoms with Crippen LogP contribution < -0.4 is 5.32 Å². The maximum absolute atomic E-state index is 9.26. The summed E-state index contributed by atoms with van der Waals surface area (Å²) >= 11 is 12.4. The second-order valence-corrected chi connectivity index (χ2v) is 11.4. The number of hydrogen-bond acceptors (Lipinski definition) is 6. The predicted octanol–water partition coefficient (Wildman–Crippen LogP) is 7.33. The number of hydrogen-bond donors (Lipinski definition) is 1. The van der Waals surface area contributed by atoms with Crippen molar-refractivity contribution in [1.29, 1.82) is 5.26 Å². The molecule has 8 heteroatoms. The quantitative estimate of drug-likeness (QED) is 0.203. The van der Waals surface area contributed by atoms with E-state index >= 15 is 0 Å². The summed E-state index contributed by atoms with van der Waals surface area (Å²) in [5, 5.41) is 15.2. The SMILES string of the molecule is N#Cc1cccc(CNc2nc(CN3CCN(C(c4ccc(Cl)cc4)c4ccc(Cl)cc4)CC3)nc3ccccc23)c1. The highest BCUT2D eigenvalue weighted by Gasteiger charge is 2.27. The van der Waals surface area contributed by atoms with Crippen LogP contribution in [0.2, 0.25) is 10.0 Å². The van der Waals surface area contributed by atoms with E-state index < -0.39 is 0 Å². The van der Waals surface area contributed by atoms with Gasteiger partial charge in [0.2, 0.25) is 0 Å². The van der Waals surface area contributed by atoms with Gasteiger partial charge in [0.05, 0.1) is 29.7 Å². The molecule has 6 nitrogen and oxygen atoms in total. The van der Waals surface area contributed by atoms with Gasteiger partial charge < -0.3 is 5.32 Å². The van der Waals surface area contributed by atoms with Gasteiger partial charge in [0.15, 0.2) is 0 Å². The Hall–Kier alpha value is -3.99. The third-order valence-electron chi connectivity index (χ3n) is 7.67. The summed E-state index contributed by atoms with van der Waals surface area (Å²) in [6.07, 6.45) is 0. The fourth-order valence-electron chi connectivity index (χ4n) is 5.55. The normalized spacial score (nSPS) is 14.2. The molecule has 0 radical (unpaired) electrons. The molecule has 1 aromatic heterocycles. The van der Waals surface area contributed by atoms with Gasteiger partial charge in [-0.1, -0.05) is 71.7 Å². The highest BCUT2D eigenvalue weighted by molar-refractivity contribution is 6.30. The van der Waals surface area contributed by atoms with E-state index in [1.54, 1.807) is 0 Å². The Labute approximate surface area is 256 Å². The highest BCUT2D eigenvalue weighted by Crippen LogP contribution is 2.31. The smallest absolute Gasteiger partial charge is 0.145 e. The maximum Gasteiger partial charge on any atom is 0.145 e. The molecule has 0 bridgehead atoms. The summed E-state index contributed by atoms with van der Waals surface area (Å²) in [6.45, 7) is 4.86. The van der Waals surface area contributed by atoms with Crippen molar-refractivity contribution < 1.29 is 0 Å². The monoisotopic (exact) mass is 592 g/mol. The number of halogens is 2. The van der Waals surface area contributed by atoms with Crippen molar-refractivity contribution in [2.45, 2.75) is 19.1 Å². The minimum absolute atomic E-state index is 0.119. The molecule has 0 spiro atoms. The van der Waals surface area contributed by atoms with Gasteiger partial charge in [0.1, 0.15) is 11.6 Å². The Kier molecular flexibility index (Phi) is 8.64. The first-order chi connectivity index (χ1) is 20.6. The average Bonchev–Trinajstić information content (AvgIpc) is 3.03. The highest BCUT2D eigenvalue weighted by atomic mass is 35.5. The van der Waals surface area contributed by atoms with Crippen molar-refractivity contribution >= 4 is 39.9 Å². The molecule has 210 valence electrons. The zero-order valence-electron chi connectivity index (χ0n) is 23.0. The number of nitriles is 1. The van der Waals surface area contributed by atoms with Crippen LogP contribution >= 0.6 is 23.2 Å². The van der Waals surface area contributed by atoms with Gasteiger partial charge >= 0.3 is 0 Å². The molecule has 2 heterocycles. The Morgan fingerprint density at radius 1 is 0.786 bits per heavy atom. The molecule has 0 aliphatic carbocycles. The third-order valence-corrected chi connectivity index (χ3v) is 8.18. The van der Waals surface area contributed by atoms with Gasteiger partial charge in [-0.2, -0.15) is 5.26 Å². The molecule has 4 aromatic carbocycles. The number of piperazine rings is 1. The molecular formula is C34H30Cl2N6. The van der Waals surface area contributed by atoms with E-state index in [-0.39, 0.29) is 6.04 Å². The van der Waals surface area contributed by atoms with E-state index in [0.717, 1.165) is 64.3 Å². The summed E-state index contributed by atoms with van der Waals surface area (Å²) in [5.74, 6) is 1.60. The van der Waals surface area contributed by atoms with Gasteiger partial charge in [-0.3, -0.25) is 9.80 Å². The van der Waals surface area contributed by atoms with Gasteiger partial charge in [-0.05, 0) is 65.2 Å². The zero-order chi connectivity index (χ0) is 28.9. The lowest BCUT2D eigenvalue weighted by Crippen LogP contribution is -2.47. The van der Waals surface area contributed by atoms with Crippen molar-refractivity contribution in [3.63, 3.8) is 0 Å². The Morgan fingerprint density at radius 2 is 1.45 bits per heavy atom. The van der Waals surface area contributed by atoms with E-state index in [2.05, 4.69) is 45.5 Å². The molecule has 0 amide bonds. The molecule has 0 atom stereocenters. The number of nitrogens with zero attached hydrogens (tertiary/aromatic N) is 5. The summed E-state index contributed by atoms with van der Waals surface area (Å²) in [4.78, 5) is 14.8. The fourth-order valence-corrected chi connectivity index (χ4v) is 5.80. The van der Waals surface area contributed by atoms with Crippen LogP contribution in [0.3, 0.4) is 0 Å². The van der Waals surface area contributed by atoms with Crippen LogP contribution in [0.4, 0.5) is 5.82 Å². The van der Waals surface area contributed by atoms with E-state index in [0.29, 0.717) is 18.7 Å². The van der Waals surface area contributed by atoms with Crippen LogP contribution in [0.25, 0.3) is 10.9 Å². The lowest BCUT2D eigenvalue weighted by atomic mass is 9.96. The lowest BCUT2D eigenvalue weighted by molar-refractivity contribution is 0.103. The first-order valence-corrected chi connectivity index (χ1v) is 14.8. The van der Waals surface area contributed by atoms with Gasteiger partial charge in [-0.15, -0.1) is 0 Å². The standard InChI is InChI=1S/C34H30Cl2N6/c35-28-12-8-26(9-13-28)33(27-10-14-29(36)15-11-27)42-18-16-41(17-19-42)23-32-39-31-7-2-1-6-30(31)34(40-32)38-22-25-5-3-4-24(20-25)21-37/h1-15,20,33H,16-19,22-23H2,(H,38,39,40). The lowest BCUT2D eigenvalue weighted by Gasteiger charge is -2.39. The van der Waals surface area contributed by atoms with Crippen molar-refractivity contribution in [2.75, 3.05) is 31.5 Å². The van der Waals surface area contributed by atoms with E-state index in [1.165, 1.54) is 11.1 Å². The van der Waals surface area contributed by atoms with Crippen LogP contribution in [-0.2, 0) is 13.1 Å². The van der Waals surface area contributed by atoms with Gasteiger partial charge in [0.25, 0.3) is 0 Å². The number of aromatic nitrogens is 2. The minimum Gasteiger partial charge on any atom is -0.365 e. The number of anilines is 1. The van der Waals surface area contributed by atoms with E-state index in [9.17, 15) is 5.26 Å². The molecule has 1 N–H and O–H groups in total. The Morgan fingerprint density at radius 3 is 2.12 bits per heavy atom. The van der Waals surface area contributed by atoms with Crippen LogP contribution in [0.1, 0.15) is 34.1 Å². The fraction of sp³-hybridized carbons (Fsp3) is 0.206. The topological polar surface area (TPSA) is 68.1 Å². The number of fused-ring (bicyclic) bond motifs is 1. The number of para-hydroxylation sites is 1.